The Morgan fingerprint density at radius 1 is 1.13 bits per heavy atom. The molecule has 53 heavy (non-hydrogen) atoms. The average molecular weight is 781 g/mol. The molecule has 2 heterocycles. The number of likely N-dealkylation sites (tertiary alicyclic amines) is 1. The van der Waals surface area contributed by atoms with Crippen molar-refractivity contribution in [3.05, 3.63) is 29.3 Å². The molecule has 3 fully saturated rings. The fourth-order valence-electron chi connectivity index (χ4n) is 6.43. The summed E-state index contributed by atoms with van der Waals surface area (Å²) < 4.78 is 52.8. The normalized spacial score (nSPS) is 24.0. The fraction of sp³-hybridized carbons (Fsp3) is 0.639. The second-order valence-electron chi connectivity index (χ2n) is 15.5. The molecule has 0 unspecified atom stereocenters. The number of halogens is 1. The predicted octanol–water partition coefficient (Wildman–Crippen LogP) is 4.83. The highest BCUT2D eigenvalue weighted by Gasteiger charge is 2.63. The van der Waals surface area contributed by atoms with E-state index in [1.54, 1.807) is 79.7 Å². The largest absolute Gasteiger partial charge is 0.488 e. The lowest BCUT2D eigenvalue weighted by Gasteiger charge is -2.31. The van der Waals surface area contributed by atoms with E-state index >= 15 is 0 Å². The second-order valence-corrected chi connectivity index (χ2v) is 17.0. The number of pyridine rings is 1. The van der Waals surface area contributed by atoms with Gasteiger partial charge in [-0.25, -0.2) is 18.8 Å². The Morgan fingerprint density at radius 3 is 2.42 bits per heavy atom. The molecule has 0 bridgehead atoms. The van der Waals surface area contributed by atoms with Crippen LogP contribution >= 0.6 is 11.6 Å². The fourth-order valence-corrected chi connectivity index (χ4v) is 7.67. The van der Waals surface area contributed by atoms with Crippen molar-refractivity contribution >= 4 is 56.8 Å². The highest BCUT2D eigenvalue weighted by Crippen LogP contribution is 2.48. The number of amides is 3. The number of hydrogen-bond acceptors (Lipinski definition) is 12. The number of carbonyl (C=O) groups is 4. The lowest BCUT2D eigenvalue weighted by Crippen LogP contribution is -2.58. The molecule has 1 aromatic carbocycles. The summed E-state index contributed by atoms with van der Waals surface area (Å²) in [4.78, 5) is 60.7. The van der Waals surface area contributed by atoms with Crippen LogP contribution in [-0.4, -0.2) is 90.3 Å². The zero-order chi connectivity index (χ0) is 39.1. The molecule has 0 radical (unpaired) electrons. The predicted molar refractivity (Wildman–Crippen MR) is 193 cm³/mol. The number of benzene rings is 1. The number of para-hydroxylation sites is 1. The van der Waals surface area contributed by atoms with E-state index in [4.69, 9.17) is 34.2 Å². The summed E-state index contributed by atoms with van der Waals surface area (Å²) >= 11 is 6.48. The molecule has 1 aromatic heterocycles. The molecular formula is C36H49ClN4O11S. The van der Waals surface area contributed by atoms with E-state index < -0.39 is 81.0 Å². The maximum Gasteiger partial charge on any atom is 0.452 e. The Hall–Kier alpha value is -3.89. The first-order valence-electron chi connectivity index (χ1n) is 17.9. The molecule has 3 aliphatic rings. The molecule has 2 aliphatic carbocycles. The van der Waals surface area contributed by atoms with Gasteiger partial charge in [-0.1, -0.05) is 44.9 Å². The molecule has 17 heteroatoms. The Balaban J connectivity index is 1.44. The van der Waals surface area contributed by atoms with Crippen LogP contribution in [-0.2, 0) is 37.9 Å². The highest BCUT2D eigenvalue weighted by molar-refractivity contribution is 7.82. The van der Waals surface area contributed by atoms with Gasteiger partial charge in [-0.15, -0.1) is 0 Å². The molecule has 0 spiro atoms. The molecule has 5 rings (SSSR count). The lowest BCUT2D eigenvalue weighted by molar-refractivity contribution is -0.144. The number of rotatable bonds is 14. The number of fused-ring (bicyclic) bond motifs is 1. The minimum atomic E-state index is -4.71. The van der Waals surface area contributed by atoms with Crippen molar-refractivity contribution in [1.82, 2.24) is 20.5 Å². The minimum absolute atomic E-state index is 0.0230. The van der Waals surface area contributed by atoms with Crippen LogP contribution in [0.5, 0.6) is 11.6 Å². The Kier molecular flexibility index (Phi) is 11.5. The smallest absolute Gasteiger partial charge is 0.452 e. The van der Waals surface area contributed by atoms with Crippen LogP contribution in [0.1, 0.15) is 87.5 Å². The van der Waals surface area contributed by atoms with Gasteiger partial charge in [0.15, 0.2) is 0 Å². The summed E-state index contributed by atoms with van der Waals surface area (Å²) in [7, 11) is -4.71. The third-order valence-electron chi connectivity index (χ3n) is 9.51. The van der Waals surface area contributed by atoms with Crippen molar-refractivity contribution in [3.8, 4) is 11.6 Å². The molecule has 2 saturated carbocycles. The second kappa shape index (κ2) is 15.1. The summed E-state index contributed by atoms with van der Waals surface area (Å²) in [5.74, 6) is -2.70. The van der Waals surface area contributed by atoms with E-state index in [2.05, 4.69) is 15.6 Å². The average Bonchev–Trinajstić information content (AvgIpc) is 3.91. The molecular weight excluding hydrogens is 732 g/mol. The van der Waals surface area contributed by atoms with E-state index in [0.717, 1.165) is 0 Å². The maximum atomic E-state index is 14.3. The number of ether oxygens (including phenoxy) is 3. The summed E-state index contributed by atoms with van der Waals surface area (Å²) in [6, 6.07) is 4.51. The van der Waals surface area contributed by atoms with Gasteiger partial charge in [-0.05, 0) is 77.8 Å². The number of hydrogen-bond donors (Lipinski definition) is 2. The van der Waals surface area contributed by atoms with E-state index in [0.29, 0.717) is 47.5 Å². The maximum absolute atomic E-state index is 14.3. The summed E-state index contributed by atoms with van der Waals surface area (Å²) in [5, 5.41) is 6.34. The monoisotopic (exact) mass is 780 g/mol. The first-order chi connectivity index (χ1) is 24.7. The standard InChI is InChI=1S/C36H49ClN4O11S/c1-9-21-18-36(21,32(44)51-53(46,47)52-35(8)14-15-35)40-30(42)25-16-22(19-41(25)31(43)28(20(3)4)39-33(45)50-34(5,6)7)49-26-17-27(48-10-2)38-29-23(26)12-11-13-24(29)37/h11-13,17,20-22,25,28H,9-10,14-16,18-19H2,1-8H3,(H,39,45)(H,40,42)/t21-,22-,25+,28+,36-/m1/s1. The first-order valence-corrected chi connectivity index (χ1v) is 19.6. The quantitative estimate of drug-likeness (QED) is 0.266. The molecule has 292 valence electrons. The third-order valence-corrected chi connectivity index (χ3v) is 10.8. The summed E-state index contributed by atoms with van der Waals surface area (Å²) in [6.45, 7) is 14.0. The molecule has 2 aromatic rings. The van der Waals surface area contributed by atoms with Crippen molar-refractivity contribution in [2.24, 2.45) is 11.8 Å². The van der Waals surface area contributed by atoms with Gasteiger partial charge in [0.2, 0.25) is 17.7 Å². The van der Waals surface area contributed by atoms with E-state index in [9.17, 15) is 27.6 Å². The van der Waals surface area contributed by atoms with Gasteiger partial charge in [0.25, 0.3) is 0 Å². The molecule has 1 saturated heterocycles. The van der Waals surface area contributed by atoms with Crippen molar-refractivity contribution in [1.29, 1.82) is 0 Å². The summed E-state index contributed by atoms with van der Waals surface area (Å²) in [5.41, 5.74) is -2.99. The zero-order valence-electron chi connectivity index (χ0n) is 31.3. The molecule has 2 N–H and O–H groups in total. The number of aromatic nitrogens is 1. The van der Waals surface area contributed by atoms with Gasteiger partial charge in [0.1, 0.15) is 35.1 Å². The summed E-state index contributed by atoms with van der Waals surface area (Å²) in [6.07, 6.45) is -0.0518. The number of nitrogens with one attached hydrogen (secondary N) is 2. The van der Waals surface area contributed by atoms with E-state index in [1.807, 2.05) is 0 Å². The van der Waals surface area contributed by atoms with Crippen LogP contribution in [0.25, 0.3) is 10.9 Å². The number of carbonyl (C=O) groups excluding carboxylic acids is 4. The third kappa shape index (κ3) is 9.44. The van der Waals surface area contributed by atoms with Gasteiger partial charge in [0.05, 0.1) is 29.3 Å². The molecule has 5 atom stereocenters. The van der Waals surface area contributed by atoms with Crippen molar-refractivity contribution < 1.29 is 50.2 Å². The van der Waals surface area contributed by atoms with Crippen molar-refractivity contribution in [2.75, 3.05) is 13.2 Å². The molecule has 1 aliphatic heterocycles. The topological polar surface area (TPSA) is 189 Å². The van der Waals surface area contributed by atoms with Gasteiger partial charge in [0, 0.05) is 17.9 Å². The van der Waals surface area contributed by atoms with Crippen LogP contribution in [0.3, 0.4) is 0 Å². The SMILES string of the molecule is CCOc1cc(O[C@@H]2C[C@@H](C(=O)N[C@]3(C(=O)OS(=O)(=O)OC4(C)CC4)C[C@H]3CC)N(C(=O)[C@@H](NC(=O)OC(C)(C)C)C(C)C)C2)c2cccc(Cl)c2n1. The van der Waals surface area contributed by atoms with Gasteiger partial charge < -0.3 is 33.9 Å². The van der Waals surface area contributed by atoms with Gasteiger partial charge in [-0.2, -0.15) is 8.42 Å². The minimum Gasteiger partial charge on any atom is -0.488 e. The molecule has 15 nitrogen and oxygen atoms in total. The van der Waals surface area contributed by atoms with Crippen molar-refractivity contribution in [3.63, 3.8) is 0 Å². The first kappa shape index (κ1) is 40.3. The highest BCUT2D eigenvalue weighted by atomic mass is 35.5. The number of nitrogens with zero attached hydrogens (tertiary/aromatic N) is 2. The van der Waals surface area contributed by atoms with E-state index in [-0.39, 0.29) is 25.3 Å². The Labute approximate surface area is 315 Å². The van der Waals surface area contributed by atoms with Crippen LogP contribution in [0.15, 0.2) is 24.3 Å². The Bertz CT molecular complexity index is 1860. The van der Waals surface area contributed by atoms with Crippen LogP contribution in [0.2, 0.25) is 5.02 Å². The van der Waals surface area contributed by atoms with Crippen LogP contribution < -0.4 is 20.1 Å². The Morgan fingerprint density at radius 2 is 1.83 bits per heavy atom. The lowest BCUT2D eigenvalue weighted by atomic mass is 10.0. The zero-order valence-corrected chi connectivity index (χ0v) is 32.9. The number of alkyl carbamates (subject to hydrolysis) is 1. The van der Waals surface area contributed by atoms with E-state index in [1.165, 1.54) is 4.90 Å². The van der Waals surface area contributed by atoms with Crippen LogP contribution in [0, 0.1) is 11.8 Å². The van der Waals surface area contributed by atoms with Crippen LogP contribution in [0.4, 0.5) is 4.79 Å². The molecule has 3 amide bonds. The van der Waals surface area contributed by atoms with Gasteiger partial charge in [-0.3, -0.25) is 9.59 Å². The van der Waals surface area contributed by atoms with Gasteiger partial charge >= 0.3 is 22.5 Å². The van der Waals surface area contributed by atoms with Crippen molar-refractivity contribution in [2.45, 2.75) is 122 Å².